The lowest BCUT2D eigenvalue weighted by Crippen LogP contribution is -2.30. The molecular formula is C30H55BrO4. The molecule has 0 amide bonds. The van der Waals surface area contributed by atoms with E-state index in [2.05, 4.69) is 33.8 Å². The van der Waals surface area contributed by atoms with E-state index >= 15 is 0 Å². The number of allylic oxidation sites excluding steroid dienone is 2. The number of methoxy groups -OCH3 is 1. The Morgan fingerprint density at radius 2 is 1.14 bits per heavy atom. The summed E-state index contributed by atoms with van der Waals surface area (Å²) in [7, 11) is 1.38. The molecule has 0 aromatic rings. The molecule has 0 aliphatic rings. The van der Waals surface area contributed by atoms with Crippen LogP contribution in [0.15, 0.2) is 25.3 Å². The fourth-order valence-electron chi connectivity index (χ4n) is 3.64. The van der Waals surface area contributed by atoms with Gasteiger partial charge in [-0.2, -0.15) is 0 Å². The van der Waals surface area contributed by atoms with E-state index in [1.807, 2.05) is 19.1 Å². The van der Waals surface area contributed by atoms with Gasteiger partial charge in [-0.3, -0.25) is 9.59 Å². The molecule has 0 fully saturated rings. The molecule has 5 heteroatoms. The lowest BCUT2D eigenvalue weighted by atomic mass is 10.0. The van der Waals surface area contributed by atoms with Crippen LogP contribution in [-0.4, -0.2) is 30.0 Å². The molecule has 0 saturated carbocycles. The summed E-state index contributed by atoms with van der Waals surface area (Å²) in [6.45, 7) is 11.8. The van der Waals surface area contributed by atoms with E-state index in [-0.39, 0.29) is 11.9 Å². The van der Waals surface area contributed by atoms with Crippen molar-refractivity contribution < 1.29 is 19.1 Å². The number of hydrogen-bond donors (Lipinski definition) is 0. The quantitative estimate of drug-likeness (QED) is 0.0541. The Labute approximate surface area is 225 Å². The van der Waals surface area contributed by atoms with Gasteiger partial charge in [-0.05, 0) is 45.4 Å². The first-order valence-electron chi connectivity index (χ1n) is 14.0. The minimum absolute atomic E-state index is 0.0934. The fraction of sp³-hybridized carbons (Fsp3) is 0.800. The van der Waals surface area contributed by atoms with Crippen molar-refractivity contribution in [2.24, 2.45) is 0 Å². The van der Waals surface area contributed by atoms with E-state index in [1.165, 1.54) is 84.2 Å². The molecule has 0 saturated heterocycles. The van der Waals surface area contributed by atoms with Crippen LogP contribution in [0.3, 0.4) is 0 Å². The second-order valence-electron chi connectivity index (χ2n) is 9.47. The van der Waals surface area contributed by atoms with Crippen LogP contribution < -0.4 is 0 Å². The maximum atomic E-state index is 12.3. The summed E-state index contributed by atoms with van der Waals surface area (Å²) in [4.78, 5) is 22.3. The first-order valence-corrected chi connectivity index (χ1v) is 14.8. The number of unbranched alkanes of at least 4 members (excludes halogenated alkanes) is 15. The summed E-state index contributed by atoms with van der Waals surface area (Å²) >= 11 is 3.60. The van der Waals surface area contributed by atoms with E-state index in [0.717, 1.165) is 38.5 Å². The summed E-state index contributed by atoms with van der Waals surface area (Å²) in [5, 5.41) is 0. The number of rotatable bonds is 23. The molecule has 0 aliphatic carbocycles. The van der Waals surface area contributed by atoms with Crippen molar-refractivity contribution in [2.45, 2.75) is 140 Å². The van der Waals surface area contributed by atoms with Crippen molar-refractivity contribution in [3.63, 3.8) is 0 Å². The highest BCUT2D eigenvalue weighted by Gasteiger charge is 2.30. The molecule has 0 aromatic carbocycles. The molecule has 0 rings (SSSR count). The maximum absolute atomic E-state index is 12.3. The largest absolute Gasteiger partial charge is 0.469 e. The van der Waals surface area contributed by atoms with Gasteiger partial charge < -0.3 is 9.47 Å². The number of ether oxygens (including phenoxy) is 2. The highest BCUT2D eigenvalue weighted by atomic mass is 79.9. The van der Waals surface area contributed by atoms with Crippen LogP contribution in [0.4, 0.5) is 0 Å². The van der Waals surface area contributed by atoms with Gasteiger partial charge in [-0.25, -0.2) is 0 Å². The van der Waals surface area contributed by atoms with E-state index < -0.39 is 4.32 Å². The first kappa shape index (κ1) is 36.1. The van der Waals surface area contributed by atoms with E-state index in [0.29, 0.717) is 13.0 Å². The normalized spacial score (nSPS) is 12.1. The average molecular weight is 560 g/mol. The van der Waals surface area contributed by atoms with Gasteiger partial charge in [0.2, 0.25) is 0 Å². The molecule has 0 heterocycles. The summed E-state index contributed by atoms with van der Waals surface area (Å²) in [6.07, 6.45) is 26.3. The van der Waals surface area contributed by atoms with Gasteiger partial charge in [-0.1, -0.05) is 112 Å². The number of hydrogen-bond acceptors (Lipinski definition) is 4. The van der Waals surface area contributed by atoms with Crippen LogP contribution in [0.1, 0.15) is 136 Å². The van der Waals surface area contributed by atoms with Gasteiger partial charge in [-0.15, -0.1) is 13.2 Å². The summed E-state index contributed by atoms with van der Waals surface area (Å²) in [5.74, 6) is -0.251. The van der Waals surface area contributed by atoms with Gasteiger partial charge in [0, 0.05) is 6.42 Å². The van der Waals surface area contributed by atoms with Crippen LogP contribution in [0.5, 0.6) is 0 Å². The molecule has 35 heavy (non-hydrogen) atoms. The Balaban J connectivity index is 0. The van der Waals surface area contributed by atoms with Crippen LogP contribution in [0, 0.1) is 0 Å². The second-order valence-corrected chi connectivity index (χ2v) is 11.2. The highest BCUT2D eigenvalue weighted by molar-refractivity contribution is 9.10. The zero-order chi connectivity index (χ0) is 26.6. The maximum Gasteiger partial charge on any atom is 0.322 e. The summed E-state index contributed by atoms with van der Waals surface area (Å²) in [6, 6.07) is 0. The van der Waals surface area contributed by atoms with Crippen molar-refractivity contribution in [2.75, 3.05) is 13.7 Å². The topological polar surface area (TPSA) is 52.6 Å². The zero-order valence-electron chi connectivity index (χ0n) is 23.2. The third kappa shape index (κ3) is 27.3. The highest BCUT2D eigenvalue weighted by Crippen LogP contribution is 2.27. The van der Waals surface area contributed by atoms with Crippen molar-refractivity contribution in [3.8, 4) is 0 Å². The van der Waals surface area contributed by atoms with Crippen LogP contribution in [-0.2, 0) is 19.1 Å². The molecule has 1 unspecified atom stereocenters. The molecule has 0 aromatic heterocycles. The van der Waals surface area contributed by atoms with Gasteiger partial charge in [0.1, 0.15) is 4.32 Å². The third-order valence-electron chi connectivity index (χ3n) is 6.03. The molecular weight excluding hydrogens is 504 g/mol. The Kier molecular flexibility index (Phi) is 28.3. The van der Waals surface area contributed by atoms with E-state index in [1.54, 1.807) is 6.92 Å². The standard InChI is InChI=1S/C26H47BrO2.C4H8O2/c1-4-6-8-10-12-14-15-17-19-21-23-26(3,27)25(28)29-24-22-20-18-16-13-11-9-7-5-2;1-3-4(5)6-2/h4-5H,1-2,6-24H2,3H3;3H2,1-2H3. The van der Waals surface area contributed by atoms with E-state index in [4.69, 9.17) is 4.74 Å². The van der Waals surface area contributed by atoms with Crippen LogP contribution in [0.2, 0.25) is 0 Å². The van der Waals surface area contributed by atoms with Gasteiger partial charge >= 0.3 is 11.9 Å². The number of esters is 2. The van der Waals surface area contributed by atoms with Crippen molar-refractivity contribution in [3.05, 3.63) is 25.3 Å². The lowest BCUT2D eigenvalue weighted by Gasteiger charge is -2.20. The molecule has 0 aliphatic heterocycles. The molecule has 4 nitrogen and oxygen atoms in total. The Morgan fingerprint density at radius 3 is 1.51 bits per heavy atom. The SMILES string of the molecule is C=CCCCCCCCCCCC(C)(Br)C(=O)OCCCCCCCCCC=C.CCC(=O)OC. The monoisotopic (exact) mass is 558 g/mol. The van der Waals surface area contributed by atoms with E-state index in [9.17, 15) is 9.59 Å². The number of halogens is 1. The predicted molar refractivity (Wildman–Crippen MR) is 154 cm³/mol. The van der Waals surface area contributed by atoms with Crippen molar-refractivity contribution in [1.82, 2.24) is 0 Å². The predicted octanol–water partition coefficient (Wildman–Crippen LogP) is 9.65. The van der Waals surface area contributed by atoms with Crippen LogP contribution in [0.25, 0.3) is 0 Å². The molecule has 0 bridgehead atoms. The minimum atomic E-state index is -0.525. The Morgan fingerprint density at radius 1 is 0.743 bits per heavy atom. The number of carbonyl (C=O) groups is 2. The lowest BCUT2D eigenvalue weighted by molar-refractivity contribution is -0.146. The summed E-state index contributed by atoms with van der Waals surface area (Å²) < 4.78 is 9.24. The second kappa shape index (κ2) is 27.5. The first-order chi connectivity index (χ1) is 16.9. The molecule has 0 N–H and O–H groups in total. The summed E-state index contributed by atoms with van der Waals surface area (Å²) in [5.41, 5.74) is 0. The van der Waals surface area contributed by atoms with Crippen molar-refractivity contribution in [1.29, 1.82) is 0 Å². The smallest absolute Gasteiger partial charge is 0.322 e. The third-order valence-corrected chi connectivity index (χ3v) is 6.75. The molecule has 0 radical (unpaired) electrons. The van der Waals surface area contributed by atoms with Crippen LogP contribution >= 0.6 is 15.9 Å². The fourth-order valence-corrected chi connectivity index (χ4v) is 4.04. The van der Waals surface area contributed by atoms with Gasteiger partial charge in [0.05, 0.1) is 13.7 Å². The van der Waals surface area contributed by atoms with Crippen molar-refractivity contribution >= 4 is 27.9 Å². The average Bonchev–Trinajstić information content (AvgIpc) is 2.85. The zero-order valence-corrected chi connectivity index (χ0v) is 24.8. The molecule has 206 valence electrons. The Bertz CT molecular complexity index is 510. The number of carbonyl (C=O) groups excluding carboxylic acids is 2. The minimum Gasteiger partial charge on any atom is -0.469 e. The molecule has 1 atom stereocenters. The Hall–Kier alpha value is -1.10. The van der Waals surface area contributed by atoms with Gasteiger partial charge in [0.25, 0.3) is 0 Å². The van der Waals surface area contributed by atoms with Gasteiger partial charge in [0.15, 0.2) is 0 Å². The molecule has 0 spiro atoms. The number of alkyl halides is 1.